The summed E-state index contributed by atoms with van der Waals surface area (Å²) in [7, 11) is 1.89. The average Bonchev–Trinajstić information content (AvgIpc) is 3.55. The fraction of sp³-hybridized carbons (Fsp3) is 0.214. The second kappa shape index (κ2) is 9.43. The van der Waals surface area contributed by atoms with Gasteiger partial charge in [-0.05, 0) is 29.5 Å². The van der Waals surface area contributed by atoms with Crippen LogP contribution in [0.2, 0.25) is 0 Å². The molecule has 6 heteroatoms. The van der Waals surface area contributed by atoms with Gasteiger partial charge in [0.1, 0.15) is 17.0 Å². The maximum absolute atomic E-state index is 12.9. The second-order valence-corrected chi connectivity index (χ2v) is 8.63. The van der Waals surface area contributed by atoms with E-state index in [2.05, 4.69) is 88.5 Å². The fourth-order valence-electron chi connectivity index (χ4n) is 4.75. The molecule has 34 heavy (non-hydrogen) atoms. The lowest BCUT2D eigenvalue weighted by molar-refractivity contribution is 0.222. The van der Waals surface area contributed by atoms with E-state index in [-0.39, 0.29) is 6.03 Å². The molecule has 1 saturated heterocycles. The molecular weight excluding hydrogens is 422 g/mol. The van der Waals surface area contributed by atoms with Crippen molar-refractivity contribution in [3.8, 4) is 0 Å². The van der Waals surface area contributed by atoms with Crippen LogP contribution in [-0.4, -0.2) is 33.8 Å². The third kappa shape index (κ3) is 4.03. The third-order valence-corrected chi connectivity index (χ3v) is 6.50. The van der Waals surface area contributed by atoms with Gasteiger partial charge >= 0.3 is 6.03 Å². The number of anilines is 2. The molecule has 2 heterocycles. The first-order valence-electron chi connectivity index (χ1n) is 11.7. The number of aromatic nitrogens is 2. The molecule has 0 spiro atoms. The summed E-state index contributed by atoms with van der Waals surface area (Å²) in [6.07, 6.45) is 3.80. The summed E-state index contributed by atoms with van der Waals surface area (Å²) < 4.78 is 1.78. The molecule has 2 amide bonds. The minimum absolute atomic E-state index is 0.0849. The number of nitrogens with zero attached hydrogens (tertiary/aromatic N) is 3. The summed E-state index contributed by atoms with van der Waals surface area (Å²) in [4.78, 5) is 14.8. The van der Waals surface area contributed by atoms with Crippen molar-refractivity contribution in [3.63, 3.8) is 0 Å². The van der Waals surface area contributed by atoms with Crippen molar-refractivity contribution in [3.05, 3.63) is 114 Å². The minimum atomic E-state index is -0.704. The Balaban J connectivity index is 1.65. The quantitative estimate of drug-likeness (QED) is 0.383. The van der Waals surface area contributed by atoms with E-state index < -0.39 is 5.54 Å². The van der Waals surface area contributed by atoms with Gasteiger partial charge in [0.2, 0.25) is 0 Å². The highest BCUT2D eigenvalue weighted by Gasteiger charge is 2.38. The molecule has 3 aromatic carbocycles. The second-order valence-electron chi connectivity index (χ2n) is 8.63. The average molecular weight is 452 g/mol. The Kier molecular flexibility index (Phi) is 6.04. The van der Waals surface area contributed by atoms with Gasteiger partial charge in [-0.2, -0.15) is 5.10 Å². The summed E-state index contributed by atoms with van der Waals surface area (Å²) in [6.45, 7) is 1.58. The number of hydrogen-bond donors (Lipinski definition) is 2. The van der Waals surface area contributed by atoms with Crippen molar-refractivity contribution in [1.29, 1.82) is 0 Å². The van der Waals surface area contributed by atoms with Crippen LogP contribution in [0.25, 0.3) is 0 Å². The topological polar surface area (TPSA) is 62.2 Å². The lowest BCUT2D eigenvalue weighted by atomic mass is 9.77. The smallest absolute Gasteiger partial charge is 0.321 e. The van der Waals surface area contributed by atoms with Gasteiger partial charge in [0.25, 0.3) is 0 Å². The highest BCUT2D eigenvalue weighted by atomic mass is 16.2. The number of nitrogens with one attached hydrogen (secondary N) is 2. The van der Waals surface area contributed by atoms with Crippen LogP contribution in [0, 0.1) is 0 Å². The van der Waals surface area contributed by atoms with Crippen LogP contribution in [0.1, 0.15) is 29.5 Å². The van der Waals surface area contributed by atoms with Crippen molar-refractivity contribution >= 4 is 17.5 Å². The molecule has 6 nitrogen and oxygen atoms in total. The lowest BCUT2D eigenvalue weighted by Gasteiger charge is -2.38. The number of hydrogen-bond acceptors (Lipinski definition) is 3. The number of carbonyl (C=O) groups excluding carboxylic acids is 1. The molecule has 0 aliphatic carbocycles. The van der Waals surface area contributed by atoms with Crippen molar-refractivity contribution in [1.82, 2.24) is 14.7 Å². The first kappa shape index (κ1) is 21.8. The molecule has 0 unspecified atom stereocenters. The molecule has 5 rings (SSSR count). The lowest BCUT2D eigenvalue weighted by Crippen LogP contribution is -2.39. The Bertz CT molecular complexity index is 1140. The molecule has 2 N–H and O–H groups in total. The number of urea groups is 1. The molecule has 0 saturated carbocycles. The van der Waals surface area contributed by atoms with Crippen LogP contribution in [0.4, 0.5) is 16.3 Å². The van der Waals surface area contributed by atoms with Crippen LogP contribution in [0.5, 0.6) is 0 Å². The van der Waals surface area contributed by atoms with Crippen LogP contribution >= 0.6 is 0 Å². The monoisotopic (exact) mass is 451 g/mol. The zero-order valence-corrected chi connectivity index (χ0v) is 19.3. The molecule has 1 aliphatic rings. The molecule has 1 fully saturated rings. The van der Waals surface area contributed by atoms with Gasteiger partial charge in [-0.1, -0.05) is 91.0 Å². The number of carbonyl (C=O) groups is 1. The van der Waals surface area contributed by atoms with Gasteiger partial charge in [-0.15, -0.1) is 0 Å². The fourth-order valence-corrected chi connectivity index (χ4v) is 4.75. The van der Waals surface area contributed by atoms with E-state index in [0.29, 0.717) is 5.69 Å². The first-order valence-corrected chi connectivity index (χ1v) is 11.7. The van der Waals surface area contributed by atoms with E-state index in [9.17, 15) is 4.79 Å². The summed E-state index contributed by atoms with van der Waals surface area (Å²) >= 11 is 0. The summed E-state index contributed by atoms with van der Waals surface area (Å²) in [5, 5.41) is 11.4. The largest absolute Gasteiger partial charge is 0.351 e. The molecule has 0 radical (unpaired) electrons. The van der Waals surface area contributed by atoms with Crippen molar-refractivity contribution in [2.24, 2.45) is 7.05 Å². The van der Waals surface area contributed by atoms with Crippen LogP contribution < -0.4 is 10.6 Å². The highest BCUT2D eigenvalue weighted by molar-refractivity contribution is 5.92. The maximum atomic E-state index is 12.9. The van der Waals surface area contributed by atoms with Crippen molar-refractivity contribution in [2.45, 2.75) is 18.4 Å². The summed E-state index contributed by atoms with van der Waals surface area (Å²) in [5.74, 6) is 0.740. The van der Waals surface area contributed by atoms with Gasteiger partial charge < -0.3 is 15.5 Å². The zero-order valence-electron chi connectivity index (χ0n) is 19.3. The Labute approximate surface area is 200 Å². The van der Waals surface area contributed by atoms with Gasteiger partial charge in [0, 0.05) is 20.1 Å². The van der Waals surface area contributed by atoms with Crippen molar-refractivity contribution < 1.29 is 4.79 Å². The molecule has 0 atom stereocenters. The zero-order chi connectivity index (χ0) is 23.4. The SMILES string of the molecule is Cn1ncc(NC(=O)N2CCCC2)c1NC(c1ccccc1)(c1ccccc1)c1ccccc1. The van der Waals surface area contributed by atoms with E-state index >= 15 is 0 Å². The Morgan fingerprint density at radius 1 is 0.794 bits per heavy atom. The van der Waals surface area contributed by atoms with Gasteiger partial charge in [0.15, 0.2) is 0 Å². The molecular formula is C28H29N5O. The minimum Gasteiger partial charge on any atom is -0.351 e. The number of rotatable bonds is 6. The normalized spacial score (nSPS) is 13.6. The molecule has 1 aromatic heterocycles. The van der Waals surface area contributed by atoms with Gasteiger partial charge in [-0.3, -0.25) is 4.68 Å². The number of likely N-dealkylation sites (tertiary alicyclic amines) is 1. The van der Waals surface area contributed by atoms with E-state index in [0.717, 1.165) is 48.4 Å². The van der Waals surface area contributed by atoms with Gasteiger partial charge in [0.05, 0.1) is 6.20 Å². The number of amides is 2. The molecule has 172 valence electrons. The first-order chi connectivity index (χ1) is 16.7. The van der Waals surface area contributed by atoms with Crippen LogP contribution in [0.3, 0.4) is 0 Å². The van der Waals surface area contributed by atoms with E-state index in [4.69, 9.17) is 0 Å². The Hall–Kier alpha value is -4.06. The van der Waals surface area contributed by atoms with E-state index in [1.165, 1.54) is 0 Å². The summed E-state index contributed by atoms with van der Waals surface area (Å²) in [5.41, 5.74) is 3.22. The maximum Gasteiger partial charge on any atom is 0.321 e. The predicted octanol–water partition coefficient (Wildman–Crippen LogP) is 5.45. The van der Waals surface area contributed by atoms with E-state index in [1.807, 2.05) is 30.1 Å². The predicted molar refractivity (Wildman–Crippen MR) is 136 cm³/mol. The van der Waals surface area contributed by atoms with Gasteiger partial charge in [-0.25, -0.2) is 4.79 Å². The highest BCUT2D eigenvalue weighted by Crippen LogP contribution is 2.41. The molecule has 4 aromatic rings. The Morgan fingerprint density at radius 3 is 1.74 bits per heavy atom. The molecule has 1 aliphatic heterocycles. The van der Waals surface area contributed by atoms with Crippen molar-refractivity contribution in [2.75, 3.05) is 23.7 Å². The van der Waals surface area contributed by atoms with Crippen LogP contribution in [0.15, 0.2) is 97.2 Å². The number of aryl methyl sites for hydroxylation is 1. The summed E-state index contributed by atoms with van der Waals surface area (Å²) in [6, 6.07) is 31.1. The standard InChI is InChI=1S/C28H29N5O/c1-32-26(25(21-29-32)30-27(34)33-19-11-12-20-33)31-28(22-13-5-2-6-14-22,23-15-7-3-8-16-23)24-17-9-4-10-18-24/h2-10,13-18,21,31H,11-12,19-20H2,1H3,(H,30,34). The third-order valence-electron chi connectivity index (χ3n) is 6.50. The number of benzene rings is 3. The Morgan fingerprint density at radius 2 is 1.26 bits per heavy atom. The van der Waals surface area contributed by atoms with Crippen LogP contribution in [-0.2, 0) is 12.6 Å². The van der Waals surface area contributed by atoms with E-state index in [1.54, 1.807) is 10.9 Å². The molecule has 0 bridgehead atoms.